The standard InChI is InChI=1S/C15H17BrN2O3/c1-21-10-9-18(8-2-7-17)14-5-3-12(11-13(14)16)4-6-15(19)20/h3-6,11H,2,8-10H2,1H3,(H,19,20)/b6-4+. The molecule has 1 aromatic carbocycles. The summed E-state index contributed by atoms with van der Waals surface area (Å²) < 4.78 is 5.94. The van der Waals surface area contributed by atoms with Gasteiger partial charge in [-0.25, -0.2) is 4.79 Å². The number of rotatable bonds is 8. The Bertz CT molecular complexity index is 552. The van der Waals surface area contributed by atoms with Gasteiger partial charge in [0.2, 0.25) is 0 Å². The molecule has 0 aliphatic carbocycles. The van der Waals surface area contributed by atoms with Gasteiger partial charge in [-0.2, -0.15) is 5.26 Å². The number of benzene rings is 1. The van der Waals surface area contributed by atoms with Crippen molar-refractivity contribution in [1.29, 1.82) is 5.26 Å². The molecular weight excluding hydrogens is 336 g/mol. The molecule has 1 rings (SSSR count). The van der Waals surface area contributed by atoms with Crippen LogP contribution in [0.3, 0.4) is 0 Å². The molecule has 0 saturated heterocycles. The van der Waals surface area contributed by atoms with Gasteiger partial charge in [0.25, 0.3) is 0 Å². The van der Waals surface area contributed by atoms with E-state index in [0.717, 1.165) is 21.8 Å². The smallest absolute Gasteiger partial charge is 0.328 e. The van der Waals surface area contributed by atoms with E-state index in [1.165, 1.54) is 6.08 Å². The van der Waals surface area contributed by atoms with E-state index in [4.69, 9.17) is 15.1 Å². The van der Waals surface area contributed by atoms with Crippen LogP contribution in [0, 0.1) is 11.3 Å². The van der Waals surface area contributed by atoms with Crippen LogP contribution in [0.1, 0.15) is 12.0 Å². The molecule has 0 saturated carbocycles. The summed E-state index contributed by atoms with van der Waals surface area (Å²) in [6.45, 7) is 1.86. The second kappa shape index (κ2) is 9.16. The highest BCUT2D eigenvalue weighted by Gasteiger charge is 2.10. The number of halogens is 1. The van der Waals surface area contributed by atoms with Gasteiger partial charge in [0.05, 0.1) is 24.8 Å². The van der Waals surface area contributed by atoms with Gasteiger partial charge in [0.1, 0.15) is 0 Å². The Labute approximate surface area is 132 Å². The lowest BCUT2D eigenvalue weighted by Crippen LogP contribution is -2.28. The van der Waals surface area contributed by atoms with Crippen LogP contribution in [0.2, 0.25) is 0 Å². The third kappa shape index (κ3) is 5.98. The first-order valence-corrected chi connectivity index (χ1v) is 7.19. The van der Waals surface area contributed by atoms with Gasteiger partial charge in [-0.05, 0) is 39.7 Å². The molecule has 0 unspecified atom stereocenters. The van der Waals surface area contributed by atoms with Crippen LogP contribution in [-0.4, -0.2) is 37.9 Å². The lowest BCUT2D eigenvalue weighted by molar-refractivity contribution is -0.131. The predicted octanol–water partition coefficient (Wildman–Crippen LogP) is 2.91. The average molecular weight is 353 g/mol. The van der Waals surface area contributed by atoms with E-state index in [0.29, 0.717) is 26.1 Å². The molecule has 6 heteroatoms. The summed E-state index contributed by atoms with van der Waals surface area (Å²) in [5.41, 5.74) is 1.75. The number of methoxy groups -OCH3 is 1. The van der Waals surface area contributed by atoms with Gasteiger partial charge in [0.15, 0.2) is 0 Å². The number of hydrogen-bond donors (Lipinski definition) is 1. The molecule has 0 bridgehead atoms. The first-order valence-electron chi connectivity index (χ1n) is 6.40. The fraction of sp³-hybridized carbons (Fsp3) is 0.333. The van der Waals surface area contributed by atoms with Crippen molar-refractivity contribution < 1.29 is 14.6 Å². The molecule has 0 aliphatic heterocycles. The van der Waals surface area contributed by atoms with Gasteiger partial charge < -0.3 is 14.7 Å². The Hall–Kier alpha value is -1.84. The summed E-state index contributed by atoms with van der Waals surface area (Å²) in [5.74, 6) is -0.981. The topological polar surface area (TPSA) is 73.6 Å². The normalized spacial score (nSPS) is 10.5. The van der Waals surface area contributed by atoms with E-state index in [9.17, 15) is 4.79 Å². The van der Waals surface area contributed by atoms with Crippen molar-refractivity contribution in [1.82, 2.24) is 0 Å². The third-order valence-electron chi connectivity index (χ3n) is 2.79. The monoisotopic (exact) mass is 352 g/mol. The summed E-state index contributed by atoms with van der Waals surface area (Å²) in [5, 5.41) is 17.4. The summed E-state index contributed by atoms with van der Waals surface area (Å²) in [7, 11) is 1.64. The Morgan fingerprint density at radius 3 is 2.86 bits per heavy atom. The lowest BCUT2D eigenvalue weighted by Gasteiger charge is -2.25. The zero-order valence-electron chi connectivity index (χ0n) is 11.8. The Kier molecular flexibility index (Phi) is 7.51. The van der Waals surface area contributed by atoms with Gasteiger partial charge in [-0.1, -0.05) is 6.07 Å². The van der Waals surface area contributed by atoms with E-state index in [-0.39, 0.29) is 0 Å². The Morgan fingerprint density at radius 2 is 2.29 bits per heavy atom. The van der Waals surface area contributed by atoms with Crippen LogP contribution in [0.25, 0.3) is 6.08 Å². The predicted molar refractivity (Wildman–Crippen MR) is 85.1 cm³/mol. The summed E-state index contributed by atoms with van der Waals surface area (Å²) in [6.07, 6.45) is 3.06. The number of nitriles is 1. The summed E-state index contributed by atoms with van der Waals surface area (Å²) in [4.78, 5) is 12.6. The van der Waals surface area contributed by atoms with Gasteiger partial charge in [-0.15, -0.1) is 0 Å². The van der Waals surface area contributed by atoms with Crippen molar-refractivity contribution in [2.75, 3.05) is 31.7 Å². The lowest BCUT2D eigenvalue weighted by atomic mass is 10.1. The average Bonchev–Trinajstić information content (AvgIpc) is 2.46. The molecular formula is C15H17BrN2O3. The second-order valence-corrected chi connectivity index (χ2v) is 5.12. The van der Waals surface area contributed by atoms with Crippen molar-refractivity contribution >= 4 is 33.7 Å². The molecule has 1 N–H and O–H groups in total. The fourth-order valence-electron chi connectivity index (χ4n) is 1.79. The minimum absolute atomic E-state index is 0.427. The molecule has 0 heterocycles. The van der Waals surface area contributed by atoms with E-state index in [2.05, 4.69) is 26.9 Å². The molecule has 112 valence electrons. The van der Waals surface area contributed by atoms with Gasteiger partial charge in [0, 0.05) is 30.7 Å². The summed E-state index contributed by atoms with van der Waals surface area (Å²) in [6, 6.07) is 7.72. The van der Waals surface area contributed by atoms with Crippen LogP contribution in [-0.2, 0) is 9.53 Å². The molecule has 1 aromatic rings. The van der Waals surface area contributed by atoms with E-state index < -0.39 is 5.97 Å². The molecule has 0 amide bonds. The second-order valence-electron chi connectivity index (χ2n) is 4.27. The van der Waals surface area contributed by atoms with Crippen LogP contribution in [0.4, 0.5) is 5.69 Å². The fourth-order valence-corrected chi connectivity index (χ4v) is 2.44. The maximum atomic E-state index is 10.5. The highest BCUT2D eigenvalue weighted by Crippen LogP contribution is 2.28. The molecule has 0 radical (unpaired) electrons. The van der Waals surface area contributed by atoms with Crippen LogP contribution in [0.15, 0.2) is 28.7 Å². The number of carboxylic acids is 1. The highest BCUT2D eigenvalue weighted by molar-refractivity contribution is 9.10. The number of carboxylic acid groups (broad SMARTS) is 1. The highest BCUT2D eigenvalue weighted by atomic mass is 79.9. The Morgan fingerprint density at radius 1 is 1.52 bits per heavy atom. The van der Waals surface area contributed by atoms with Gasteiger partial charge >= 0.3 is 5.97 Å². The van der Waals surface area contributed by atoms with Crippen LogP contribution >= 0.6 is 15.9 Å². The molecule has 5 nitrogen and oxygen atoms in total. The molecule has 0 fully saturated rings. The minimum atomic E-state index is -0.981. The first kappa shape index (κ1) is 17.2. The SMILES string of the molecule is COCCN(CCC#N)c1ccc(/C=C/C(=O)O)cc1Br. The third-order valence-corrected chi connectivity index (χ3v) is 3.42. The maximum absolute atomic E-state index is 10.5. The Balaban J connectivity index is 2.93. The number of aliphatic carboxylic acids is 1. The van der Waals surface area contributed by atoms with Crippen molar-refractivity contribution in [3.8, 4) is 6.07 Å². The largest absolute Gasteiger partial charge is 0.478 e. The number of anilines is 1. The quantitative estimate of drug-likeness (QED) is 0.728. The number of carbonyl (C=O) groups is 1. The maximum Gasteiger partial charge on any atom is 0.328 e. The zero-order chi connectivity index (χ0) is 15.7. The van der Waals surface area contributed by atoms with Crippen LogP contribution < -0.4 is 4.90 Å². The number of hydrogen-bond acceptors (Lipinski definition) is 4. The van der Waals surface area contributed by atoms with E-state index >= 15 is 0 Å². The summed E-state index contributed by atoms with van der Waals surface area (Å²) >= 11 is 3.49. The number of nitrogens with zero attached hydrogens (tertiary/aromatic N) is 2. The van der Waals surface area contributed by atoms with Gasteiger partial charge in [-0.3, -0.25) is 0 Å². The first-order chi connectivity index (χ1) is 10.1. The van der Waals surface area contributed by atoms with Crippen molar-refractivity contribution in [2.24, 2.45) is 0 Å². The van der Waals surface area contributed by atoms with E-state index in [1.807, 2.05) is 18.2 Å². The van der Waals surface area contributed by atoms with Crippen molar-refractivity contribution in [3.05, 3.63) is 34.3 Å². The van der Waals surface area contributed by atoms with Crippen molar-refractivity contribution in [3.63, 3.8) is 0 Å². The zero-order valence-corrected chi connectivity index (χ0v) is 13.3. The molecule has 0 spiro atoms. The molecule has 21 heavy (non-hydrogen) atoms. The molecule has 0 aromatic heterocycles. The van der Waals surface area contributed by atoms with Crippen LogP contribution in [0.5, 0.6) is 0 Å². The van der Waals surface area contributed by atoms with E-state index in [1.54, 1.807) is 7.11 Å². The number of ether oxygens (including phenoxy) is 1. The molecule has 0 atom stereocenters. The minimum Gasteiger partial charge on any atom is -0.478 e. The molecule has 0 aliphatic rings. The van der Waals surface area contributed by atoms with Crippen molar-refractivity contribution in [2.45, 2.75) is 6.42 Å².